The summed E-state index contributed by atoms with van der Waals surface area (Å²) in [4.78, 5) is 23.8. The monoisotopic (exact) mass is 434 g/mol. The lowest BCUT2D eigenvalue weighted by atomic mass is 10.0. The molecule has 2 aromatic carbocycles. The number of benzene rings is 2. The lowest BCUT2D eigenvalue weighted by molar-refractivity contribution is -0.134. The minimum Gasteiger partial charge on any atom is -0.478 e. The third kappa shape index (κ3) is 6.00. The van der Waals surface area contributed by atoms with Crippen molar-refractivity contribution in [2.75, 3.05) is 5.75 Å². The predicted octanol–water partition coefficient (Wildman–Crippen LogP) is 6.12. The van der Waals surface area contributed by atoms with Crippen molar-refractivity contribution in [3.63, 3.8) is 0 Å². The Morgan fingerprint density at radius 3 is 2.72 bits per heavy atom. The largest absolute Gasteiger partial charge is 0.478 e. The number of carboxylic acids is 1. The molecule has 7 heteroatoms. The number of hydrogen-bond donors (Lipinski definition) is 1. The van der Waals surface area contributed by atoms with Crippen LogP contribution in [-0.2, 0) is 4.79 Å². The van der Waals surface area contributed by atoms with E-state index in [1.807, 2.05) is 21.6 Å². The topological polar surface area (TPSA) is 63.6 Å². The molecule has 1 fully saturated rings. The third-order valence-electron chi connectivity index (χ3n) is 4.75. The Kier molecular flexibility index (Phi) is 7.61. The number of unbranched alkanes of at least 4 members (excludes halogenated alkanes) is 1. The van der Waals surface area contributed by atoms with Gasteiger partial charge in [0.05, 0.1) is 0 Å². The van der Waals surface area contributed by atoms with Crippen LogP contribution in [-0.4, -0.2) is 28.0 Å². The molecule has 3 rings (SSSR count). The van der Waals surface area contributed by atoms with Gasteiger partial charge in [-0.1, -0.05) is 46.2 Å². The Bertz CT molecular complexity index is 894. The number of rotatable bonds is 8. The summed E-state index contributed by atoms with van der Waals surface area (Å²) in [5, 5.41) is 10.2. The van der Waals surface area contributed by atoms with Crippen LogP contribution >= 0.6 is 21.6 Å². The van der Waals surface area contributed by atoms with E-state index in [0.29, 0.717) is 16.4 Å². The first kappa shape index (κ1) is 21.7. The van der Waals surface area contributed by atoms with Gasteiger partial charge in [0.2, 0.25) is 0 Å². The van der Waals surface area contributed by atoms with E-state index in [1.165, 1.54) is 30.4 Å². The third-order valence-corrected chi connectivity index (χ3v) is 7.76. The number of aromatic carboxylic acids is 1. The molecular formula is C22H23FO4S2. The molecule has 1 unspecified atom stereocenters. The molecule has 29 heavy (non-hydrogen) atoms. The molecule has 4 nitrogen and oxygen atoms in total. The number of ether oxygens (including phenoxy) is 1. The Hall–Kier alpha value is -1.99. The van der Waals surface area contributed by atoms with Gasteiger partial charge in [0.15, 0.2) is 0 Å². The number of carbonyl (C=O) groups excluding carboxylic acids is 1. The van der Waals surface area contributed by atoms with E-state index in [1.54, 1.807) is 25.1 Å². The molecule has 1 aliphatic rings. The van der Waals surface area contributed by atoms with Gasteiger partial charge in [0.25, 0.3) is 0 Å². The molecule has 1 saturated heterocycles. The van der Waals surface area contributed by atoms with Crippen LogP contribution in [0, 0.1) is 12.7 Å². The van der Waals surface area contributed by atoms with Crippen molar-refractivity contribution in [2.45, 2.75) is 44.3 Å². The zero-order valence-corrected chi connectivity index (χ0v) is 17.8. The summed E-state index contributed by atoms with van der Waals surface area (Å²) in [5.74, 6) is -0.919. The quantitative estimate of drug-likeness (QED) is 0.234. The van der Waals surface area contributed by atoms with Crippen LogP contribution in [0.15, 0.2) is 36.4 Å². The first-order chi connectivity index (χ1) is 13.9. The highest BCUT2D eigenvalue weighted by Crippen LogP contribution is 2.40. The number of halogens is 1. The molecule has 0 bridgehead atoms. The van der Waals surface area contributed by atoms with Crippen LogP contribution in [0.1, 0.15) is 48.0 Å². The second-order valence-corrected chi connectivity index (χ2v) is 9.84. The molecule has 0 radical (unpaired) electrons. The van der Waals surface area contributed by atoms with Gasteiger partial charge in [-0.2, -0.15) is 0 Å². The van der Waals surface area contributed by atoms with Crippen molar-refractivity contribution < 1.29 is 23.8 Å². The Morgan fingerprint density at radius 2 is 2.03 bits per heavy atom. The average molecular weight is 435 g/mol. The highest BCUT2D eigenvalue weighted by molar-refractivity contribution is 8.77. The van der Waals surface area contributed by atoms with E-state index in [0.717, 1.165) is 24.8 Å². The normalized spacial score (nSPS) is 16.0. The van der Waals surface area contributed by atoms with Crippen LogP contribution in [0.5, 0.6) is 5.75 Å². The van der Waals surface area contributed by atoms with Gasteiger partial charge < -0.3 is 9.84 Å². The molecule has 0 aromatic heterocycles. The molecule has 2 aromatic rings. The molecule has 1 N–H and O–H groups in total. The van der Waals surface area contributed by atoms with E-state index < -0.39 is 17.8 Å². The fourth-order valence-corrected chi connectivity index (χ4v) is 6.22. The highest BCUT2D eigenvalue weighted by Gasteiger charge is 2.18. The highest BCUT2D eigenvalue weighted by atomic mass is 33.1. The van der Waals surface area contributed by atoms with Gasteiger partial charge in [-0.05, 0) is 55.5 Å². The summed E-state index contributed by atoms with van der Waals surface area (Å²) in [6, 6.07) is 9.09. The standard InChI is InChI=1S/C22H23FO4S2/c1-14-6-8-17(19(23)12-14)15-7-9-20(18(13-15)22(25)26)27-21(24)5-3-2-4-16-10-11-28-29-16/h6-9,12-13,16H,2-5,10-11H2,1H3,(H,25,26). The average Bonchev–Trinajstić information content (AvgIpc) is 3.19. The summed E-state index contributed by atoms with van der Waals surface area (Å²) in [5.41, 5.74) is 1.35. The number of esters is 1. The van der Waals surface area contributed by atoms with Crippen molar-refractivity contribution in [3.05, 3.63) is 53.3 Å². The van der Waals surface area contributed by atoms with Crippen LogP contribution in [0.3, 0.4) is 0 Å². The van der Waals surface area contributed by atoms with E-state index >= 15 is 0 Å². The van der Waals surface area contributed by atoms with E-state index in [4.69, 9.17) is 4.74 Å². The molecule has 0 aliphatic carbocycles. The molecular weight excluding hydrogens is 411 g/mol. The maximum absolute atomic E-state index is 14.2. The number of carbonyl (C=O) groups is 2. The summed E-state index contributed by atoms with van der Waals surface area (Å²) < 4.78 is 19.5. The first-order valence-electron chi connectivity index (χ1n) is 9.57. The first-order valence-corrected chi connectivity index (χ1v) is 11.9. The SMILES string of the molecule is Cc1ccc(-c2ccc(OC(=O)CCCCC3CCSS3)c(C(=O)O)c2)c(F)c1. The molecule has 0 saturated carbocycles. The predicted molar refractivity (Wildman–Crippen MR) is 116 cm³/mol. The summed E-state index contributed by atoms with van der Waals surface area (Å²) in [7, 11) is 3.82. The zero-order chi connectivity index (χ0) is 20.8. The maximum atomic E-state index is 14.2. The van der Waals surface area contributed by atoms with E-state index in [9.17, 15) is 19.1 Å². The number of carboxylic acid groups (broad SMARTS) is 1. The van der Waals surface area contributed by atoms with E-state index in [-0.39, 0.29) is 17.7 Å². The van der Waals surface area contributed by atoms with Gasteiger partial charge in [-0.3, -0.25) is 4.79 Å². The summed E-state index contributed by atoms with van der Waals surface area (Å²) >= 11 is 0. The fourth-order valence-electron chi connectivity index (χ4n) is 3.19. The van der Waals surface area contributed by atoms with Gasteiger partial charge in [0.1, 0.15) is 17.1 Å². The maximum Gasteiger partial charge on any atom is 0.339 e. The van der Waals surface area contributed by atoms with Gasteiger partial charge in [-0.25, -0.2) is 9.18 Å². The fraction of sp³-hybridized carbons (Fsp3) is 0.364. The van der Waals surface area contributed by atoms with Crippen LogP contribution in [0.4, 0.5) is 4.39 Å². The minimum atomic E-state index is -1.22. The zero-order valence-electron chi connectivity index (χ0n) is 16.2. The van der Waals surface area contributed by atoms with Crippen molar-refractivity contribution in [2.24, 2.45) is 0 Å². The Labute approximate surface area is 177 Å². The second kappa shape index (κ2) is 10.2. The van der Waals surface area contributed by atoms with Crippen LogP contribution < -0.4 is 4.74 Å². The second-order valence-electron chi connectivity index (χ2n) is 7.05. The number of aryl methyl sites for hydroxylation is 1. The molecule has 1 heterocycles. The van der Waals surface area contributed by atoms with Crippen molar-refractivity contribution in [1.29, 1.82) is 0 Å². The van der Waals surface area contributed by atoms with Gasteiger partial charge in [0, 0.05) is 23.0 Å². The van der Waals surface area contributed by atoms with Crippen LogP contribution in [0.2, 0.25) is 0 Å². The van der Waals surface area contributed by atoms with Crippen molar-refractivity contribution in [3.8, 4) is 16.9 Å². The molecule has 0 spiro atoms. The molecule has 1 atom stereocenters. The molecule has 154 valence electrons. The number of hydrogen-bond acceptors (Lipinski definition) is 5. The lowest BCUT2D eigenvalue weighted by Gasteiger charge is -2.11. The Morgan fingerprint density at radius 1 is 1.21 bits per heavy atom. The lowest BCUT2D eigenvalue weighted by Crippen LogP contribution is -2.11. The summed E-state index contributed by atoms with van der Waals surface area (Å²) in [6.45, 7) is 1.78. The van der Waals surface area contributed by atoms with Crippen LogP contribution in [0.25, 0.3) is 11.1 Å². The summed E-state index contributed by atoms with van der Waals surface area (Å²) in [6.07, 6.45) is 4.22. The van der Waals surface area contributed by atoms with Gasteiger partial charge >= 0.3 is 11.9 Å². The van der Waals surface area contributed by atoms with Crippen molar-refractivity contribution in [1.82, 2.24) is 0 Å². The van der Waals surface area contributed by atoms with E-state index in [2.05, 4.69) is 0 Å². The molecule has 0 amide bonds. The van der Waals surface area contributed by atoms with Gasteiger partial charge in [-0.15, -0.1) is 0 Å². The molecule has 1 aliphatic heterocycles. The minimum absolute atomic E-state index is 0.0125. The van der Waals surface area contributed by atoms with Crippen molar-refractivity contribution >= 4 is 33.5 Å². The smallest absolute Gasteiger partial charge is 0.339 e. The Balaban J connectivity index is 1.64.